The second kappa shape index (κ2) is 5.85. The number of Topliss-reactive ketones (excluding diaryl/α,β-unsaturated/α-hetero) is 1. The summed E-state index contributed by atoms with van der Waals surface area (Å²) in [7, 11) is 1.82. The van der Waals surface area contributed by atoms with Crippen LogP contribution in [0.2, 0.25) is 0 Å². The summed E-state index contributed by atoms with van der Waals surface area (Å²) in [6.45, 7) is 0.826. The minimum Gasteiger partial charge on any atom is -0.476 e. The van der Waals surface area contributed by atoms with Gasteiger partial charge in [0.2, 0.25) is 5.78 Å². The first-order valence-electron chi connectivity index (χ1n) is 3.59. The average Bonchev–Trinajstić information content (AvgIpc) is 1.97. The van der Waals surface area contributed by atoms with Crippen LogP contribution in [0, 0.1) is 0 Å². The second-order valence-corrected chi connectivity index (χ2v) is 2.29. The number of hydrogen-bond acceptors (Lipinski definition) is 3. The van der Waals surface area contributed by atoms with Crippen molar-refractivity contribution in [3.8, 4) is 0 Å². The van der Waals surface area contributed by atoms with E-state index in [0.717, 1.165) is 13.0 Å². The smallest absolute Gasteiger partial charge is 0.372 e. The van der Waals surface area contributed by atoms with Crippen molar-refractivity contribution in [3.63, 3.8) is 0 Å². The van der Waals surface area contributed by atoms with Crippen molar-refractivity contribution >= 4 is 11.8 Å². The minimum absolute atomic E-state index is 0.150. The van der Waals surface area contributed by atoms with Crippen molar-refractivity contribution in [2.24, 2.45) is 0 Å². The molecule has 0 fully saturated rings. The lowest BCUT2D eigenvalue weighted by molar-refractivity contribution is -0.149. The maximum Gasteiger partial charge on any atom is 0.372 e. The number of ketones is 1. The molecule has 0 heterocycles. The third kappa shape index (κ3) is 5.54. The number of aliphatic carboxylic acids is 1. The second-order valence-electron chi connectivity index (χ2n) is 2.29. The molecule has 0 aromatic carbocycles. The summed E-state index contributed by atoms with van der Waals surface area (Å²) in [5, 5.41) is 11.1. The fraction of sp³-hybridized carbons (Fsp3) is 0.714. The van der Waals surface area contributed by atoms with Gasteiger partial charge in [-0.05, 0) is 26.4 Å². The molecule has 11 heavy (non-hydrogen) atoms. The predicted molar refractivity (Wildman–Crippen MR) is 40.4 cm³/mol. The molecule has 2 N–H and O–H groups in total. The minimum atomic E-state index is -1.32. The molecule has 0 amide bonds. The Kier molecular flexibility index (Phi) is 5.37. The fourth-order valence-electron chi connectivity index (χ4n) is 0.694. The Morgan fingerprint density at radius 1 is 1.36 bits per heavy atom. The highest BCUT2D eigenvalue weighted by Crippen LogP contribution is 1.94. The maximum absolute atomic E-state index is 10.5. The fourth-order valence-corrected chi connectivity index (χ4v) is 0.694. The van der Waals surface area contributed by atoms with Gasteiger partial charge in [0.15, 0.2) is 0 Å². The number of carbonyl (C=O) groups excluding carboxylic acids is 1. The van der Waals surface area contributed by atoms with Gasteiger partial charge in [-0.15, -0.1) is 0 Å². The molecule has 0 rings (SSSR count). The van der Waals surface area contributed by atoms with Gasteiger partial charge in [0, 0.05) is 6.42 Å². The van der Waals surface area contributed by atoms with Crippen molar-refractivity contribution in [1.82, 2.24) is 5.32 Å². The summed E-state index contributed by atoms with van der Waals surface area (Å²) < 4.78 is 0. The molecule has 0 unspecified atom stereocenters. The molecular weight excluding hydrogens is 146 g/mol. The molecule has 0 aliphatic heterocycles. The number of unbranched alkanes of at least 4 members (excludes halogenated alkanes) is 1. The topological polar surface area (TPSA) is 66.4 Å². The first kappa shape index (κ1) is 10.1. The Labute approximate surface area is 65.6 Å². The van der Waals surface area contributed by atoms with E-state index in [9.17, 15) is 9.59 Å². The first-order valence-corrected chi connectivity index (χ1v) is 3.59. The number of hydrogen-bond donors (Lipinski definition) is 2. The van der Waals surface area contributed by atoms with Crippen LogP contribution in [-0.2, 0) is 9.59 Å². The third-order valence-corrected chi connectivity index (χ3v) is 1.32. The summed E-state index contributed by atoms with van der Waals surface area (Å²) in [5.74, 6) is -2.02. The summed E-state index contributed by atoms with van der Waals surface area (Å²) in [5.41, 5.74) is 0. The van der Waals surface area contributed by atoms with E-state index in [-0.39, 0.29) is 6.42 Å². The van der Waals surface area contributed by atoms with Crippen LogP contribution in [-0.4, -0.2) is 30.5 Å². The van der Waals surface area contributed by atoms with Gasteiger partial charge in [0.05, 0.1) is 0 Å². The van der Waals surface area contributed by atoms with Gasteiger partial charge in [0.25, 0.3) is 0 Å². The molecule has 0 saturated carbocycles. The van der Waals surface area contributed by atoms with Crippen LogP contribution in [0.15, 0.2) is 0 Å². The lowest BCUT2D eigenvalue weighted by Crippen LogP contribution is -2.13. The number of carboxylic acid groups (broad SMARTS) is 1. The molecule has 0 bridgehead atoms. The Morgan fingerprint density at radius 3 is 2.45 bits per heavy atom. The standard InChI is InChI=1S/C7H13NO3/c1-8-5-3-2-4-6(9)7(10)11/h8H,2-5H2,1H3,(H,10,11). The molecule has 64 valence electrons. The van der Waals surface area contributed by atoms with Crippen molar-refractivity contribution in [1.29, 1.82) is 0 Å². The lowest BCUT2D eigenvalue weighted by Gasteiger charge is -1.96. The van der Waals surface area contributed by atoms with Gasteiger partial charge in [-0.25, -0.2) is 4.79 Å². The molecule has 0 radical (unpaired) electrons. The number of rotatable bonds is 6. The highest BCUT2D eigenvalue weighted by atomic mass is 16.4. The average molecular weight is 159 g/mol. The van der Waals surface area contributed by atoms with Crippen LogP contribution in [0.5, 0.6) is 0 Å². The molecular formula is C7H13NO3. The monoisotopic (exact) mass is 159 g/mol. The molecule has 0 saturated heterocycles. The van der Waals surface area contributed by atoms with Gasteiger partial charge >= 0.3 is 5.97 Å². The molecule has 4 heteroatoms. The zero-order valence-corrected chi connectivity index (χ0v) is 6.59. The van der Waals surface area contributed by atoms with Crippen LogP contribution in [0.1, 0.15) is 19.3 Å². The number of nitrogens with one attached hydrogen (secondary N) is 1. The van der Waals surface area contributed by atoms with Gasteiger partial charge in [0.1, 0.15) is 0 Å². The molecule has 0 atom stereocenters. The summed E-state index contributed by atoms with van der Waals surface area (Å²) in [6.07, 6.45) is 1.64. The van der Waals surface area contributed by atoms with E-state index >= 15 is 0 Å². The van der Waals surface area contributed by atoms with Crippen LogP contribution in [0.3, 0.4) is 0 Å². The highest BCUT2D eigenvalue weighted by molar-refractivity contribution is 6.32. The van der Waals surface area contributed by atoms with E-state index in [0.29, 0.717) is 6.42 Å². The lowest BCUT2D eigenvalue weighted by atomic mass is 10.2. The zero-order chi connectivity index (χ0) is 8.69. The maximum atomic E-state index is 10.5. The molecule has 0 aromatic heterocycles. The van der Waals surface area contributed by atoms with Crippen LogP contribution in [0.4, 0.5) is 0 Å². The van der Waals surface area contributed by atoms with E-state index in [1.807, 2.05) is 7.05 Å². The number of carboxylic acids is 1. The van der Waals surface area contributed by atoms with Crippen molar-refractivity contribution in [2.45, 2.75) is 19.3 Å². The predicted octanol–water partition coefficient (Wildman–Crippen LogP) is 0.0298. The van der Waals surface area contributed by atoms with Crippen molar-refractivity contribution in [3.05, 3.63) is 0 Å². The van der Waals surface area contributed by atoms with Gasteiger partial charge < -0.3 is 10.4 Å². The van der Waals surface area contributed by atoms with Crippen molar-refractivity contribution < 1.29 is 14.7 Å². The summed E-state index contributed by atoms with van der Waals surface area (Å²) in [6, 6.07) is 0. The third-order valence-electron chi connectivity index (χ3n) is 1.32. The summed E-state index contributed by atoms with van der Waals surface area (Å²) in [4.78, 5) is 20.5. The Morgan fingerprint density at radius 2 is 2.00 bits per heavy atom. The van der Waals surface area contributed by atoms with Gasteiger partial charge in [-0.3, -0.25) is 4.79 Å². The molecule has 0 spiro atoms. The van der Waals surface area contributed by atoms with E-state index in [1.165, 1.54) is 0 Å². The van der Waals surface area contributed by atoms with E-state index in [2.05, 4.69) is 5.32 Å². The molecule has 0 aliphatic carbocycles. The van der Waals surface area contributed by atoms with Crippen LogP contribution in [0.25, 0.3) is 0 Å². The first-order chi connectivity index (χ1) is 5.18. The summed E-state index contributed by atoms with van der Waals surface area (Å²) >= 11 is 0. The van der Waals surface area contributed by atoms with Gasteiger partial charge in [-0.1, -0.05) is 0 Å². The van der Waals surface area contributed by atoms with E-state index < -0.39 is 11.8 Å². The largest absolute Gasteiger partial charge is 0.476 e. The van der Waals surface area contributed by atoms with E-state index in [4.69, 9.17) is 5.11 Å². The van der Waals surface area contributed by atoms with Gasteiger partial charge in [-0.2, -0.15) is 0 Å². The molecule has 0 aromatic rings. The quantitative estimate of drug-likeness (QED) is 0.424. The van der Waals surface area contributed by atoms with E-state index in [1.54, 1.807) is 0 Å². The Bertz CT molecular complexity index is 145. The SMILES string of the molecule is CNCCCCC(=O)C(=O)O. The normalized spacial score (nSPS) is 9.55. The van der Waals surface area contributed by atoms with Crippen molar-refractivity contribution in [2.75, 3.05) is 13.6 Å². The molecule has 0 aliphatic rings. The Balaban J connectivity index is 3.25. The number of carbonyl (C=O) groups is 2. The highest BCUT2D eigenvalue weighted by Gasteiger charge is 2.09. The van der Waals surface area contributed by atoms with Crippen LogP contribution >= 0.6 is 0 Å². The molecule has 4 nitrogen and oxygen atoms in total. The Hall–Kier alpha value is -0.900. The zero-order valence-electron chi connectivity index (χ0n) is 6.59. The van der Waals surface area contributed by atoms with Crippen LogP contribution < -0.4 is 5.32 Å².